The Balaban J connectivity index is 1.22. The van der Waals surface area contributed by atoms with Crippen molar-refractivity contribution in [2.24, 2.45) is 0 Å². The summed E-state index contributed by atoms with van der Waals surface area (Å²) in [6, 6.07) is 19.2. The van der Waals surface area contributed by atoms with E-state index in [1.54, 1.807) is 18.2 Å². The van der Waals surface area contributed by atoms with Gasteiger partial charge in [0.15, 0.2) is 0 Å². The fourth-order valence-corrected chi connectivity index (χ4v) is 6.33. The van der Waals surface area contributed by atoms with Gasteiger partial charge in [0.2, 0.25) is 10.0 Å². The molecule has 0 radical (unpaired) electrons. The molecule has 0 unspecified atom stereocenters. The second-order valence-electron chi connectivity index (χ2n) is 10.1. The van der Waals surface area contributed by atoms with E-state index in [9.17, 15) is 31.2 Å². The number of nitrogens with one attached hydrogen (secondary N) is 3. The van der Waals surface area contributed by atoms with E-state index >= 15 is 0 Å². The van der Waals surface area contributed by atoms with Crippen molar-refractivity contribution >= 4 is 38.9 Å². The van der Waals surface area contributed by atoms with Gasteiger partial charge >= 0.3 is 6.18 Å². The molecule has 5 rings (SSSR count). The summed E-state index contributed by atoms with van der Waals surface area (Å²) in [6.07, 6.45) is -1.81. The molecule has 9 nitrogen and oxygen atoms in total. The molecule has 2 amide bonds. The second-order valence-corrected chi connectivity index (χ2v) is 12.9. The van der Waals surface area contributed by atoms with Gasteiger partial charge in [-0.3, -0.25) is 14.6 Å². The number of sulfonamides is 1. The molecule has 3 heterocycles. The molecule has 0 atom stereocenters. The molecule has 5 aromatic rings. The Kier molecular flexibility index (Phi) is 9.60. The molecule has 0 bridgehead atoms. The summed E-state index contributed by atoms with van der Waals surface area (Å²) in [5.74, 6) is -1.17. The van der Waals surface area contributed by atoms with E-state index in [1.165, 1.54) is 60.1 Å². The minimum absolute atomic E-state index is 0.00115. The minimum atomic E-state index is -4.49. The number of hydrogen-bond acceptors (Lipinski definition) is 7. The summed E-state index contributed by atoms with van der Waals surface area (Å²) >= 11 is 1.45. The standard InChI is InChI=1S/C32H26F3N5O4S2/c1-20-7-12-29(46(43,44)39-19-25-6-3-13-45-25)26(14-20)22-8-10-28(36-17-22)31(42)40-24-9-11-27(37-18-24)30(41)38-16-21-4-2-5-23(15-21)32(33,34)35/h2-15,17-18,39H,16,19H2,1H3,(H,38,41)(H,40,42). The number of anilines is 1. The van der Waals surface area contributed by atoms with E-state index in [2.05, 4.69) is 25.3 Å². The van der Waals surface area contributed by atoms with E-state index in [0.29, 0.717) is 11.1 Å². The Labute approximate surface area is 266 Å². The van der Waals surface area contributed by atoms with Gasteiger partial charge in [-0.2, -0.15) is 13.2 Å². The maximum absolute atomic E-state index is 13.2. The lowest BCUT2D eigenvalue weighted by Gasteiger charge is -2.13. The van der Waals surface area contributed by atoms with Crippen LogP contribution in [0, 0.1) is 6.92 Å². The summed E-state index contributed by atoms with van der Waals surface area (Å²) in [7, 11) is -3.86. The SMILES string of the molecule is Cc1ccc(S(=O)(=O)NCc2cccs2)c(-c2ccc(C(=O)Nc3ccc(C(=O)NCc4cccc(C(F)(F)F)c4)nc3)nc2)c1. The van der Waals surface area contributed by atoms with Gasteiger partial charge in [0.05, 0.1) is 22.3 Å². The van der Waals surface area contributed by atoms with Crippen LogP contribution in [-0.4, -0.2) is 30.2 Å². The molecule has 0 aliphatic carbocycles. The Hall–Kier alpha value is -4.92. The summed E-state index contributed by atoms with van der Waals surface area (Å²) in [5, 5.41) is 7.02. The number of pyridine rings is 2. The number of amides is 2. The number of alkyl halides is 3. The molecular weight excluding hydrogens is 640 g/mol. The molecule has 0 aliphatic rings. The van der Waals surface area contributed by atoms with Crippen LogP contribution in [0.15, 0.2) is 102 Å². The van der Waals surface area contributed by atoms with Crippen molar-refractivity contribution in [3.05, 3.63) is 130 Å². The third-order valence-electron chi connectivity index (χ3n) is 6.71. The van der Waals surface area contributed by atoms with Crippen molar-refractivity contribution in [1.82, 2.24) is 20.0 Å². The highest BCUT2D eigenvalue weighted by atomic mass is 32.2. The van der Waals surface area contributed by atoms with E-state index in [4.69, 9.17) is 0 Å². The Morgan fingerprint density at radius 2 is 1.61 bits per heavy atom. The van der Waals surface area contributed by atoms with Crippen LogP contribution in [0.1, 0.15) is 42.5 Å². The lowest BCUT2D eigenvalue weighted by atomic mass is 10.0. The monoisotopic (exact) mass is 665 g/mol. The van der Waals surface area contributed by atoms with Gasteiger partial charge in [0.25, 0.3) is 11.8 Å². The molecular formula is C32H26F3N5O4S2. The highest BCUT2D eigenvalue weighted by Gasteiger charge is 2.30. The van der Waals surface area contributed by atoms with E-state index < -0.39 is 33.6 Å². The largest absolute Gasteiger partial charge is 0.416 e. The molecule has 0 aliphatic heterocycles. The van der Waals surface area contributed by atoms with Crippen molar-refractivity contribution in [2.45, 2.75) is 31.1 Å². The molecule has 0 spiro atoms. The van der Waals surface area contributed by atoms with Crippen molar-refractivity contribution in [1.29, 1.82) is 0 Å². The van der Waals surface area contributed by atoms with Crippen LogP contribution in [0.5, 0.6) is 0 Å². The van der Waals surface area contributed by atoms with E-state index in [0.717, 1.165) is 22.6 Å². The second kappa shape index (κ2) is 13.6. The van der Waals surface area contributed by atoms with Gasteiger partial charge in [0.1, 0.15) is 11.4 Å². The van der Waals surface area contributed by atoms with Gasteiger partial charge < -0.3 is 10.6 Å². The zero-order valence-corrected chi connectivity index (χ0v) is 25.8. The number of hydrogen-bond donors (Lipinski definition) is 3. The predicted molar refractivity (Wildman–Crippen MR) is 168 cm³/mol. The molecule has 0 fully saturated rings. The first-order valence-corrected chi connectivity index (χ1v) is 16.1. The third kappa shape index (κ3) is 8.02. The van der Waals surface area contributed by atoms with Crippen LogP contribution in [-0.2, 0) is 29.3 Å². The number of thiophene rings is 1. The zero-order chi connectivity index (χ0) is 32.9. The lowest BCUT2D eigenvalue weighted by Crippen LogP contribution is -2.24. The fraction of sp³-hybridized carbons (Fsp3) is 0.125. The quantitative estimate of drug-likeness (QED) is 0.163. The average Bonchev–Trinajstić information content (AvgIpc) is 3.57. The number of carbonyl (C=O) groups excluding carboxylic acids is 2. The van der Waals surface area contributed by atoms with Gasteiger partial charge in [-0.25, -0.2) is 18.1 Å². The molecule has 2 aromatic carbocycles. The molecule has 3 N–H and O–H groups in total. The molecule has 0 saturated heterocycles. The van der Waals surface area contributed by atoms with Crippen molar-refractivity contribution in [3.63, 3.8) is 0 Å². The number of halogens is 3. The molecule has 46 heavy (non-hydrogen) atoms. The van der Waals surface area contributed by atoms with Gasteiger partial charge in [0, 0.05) is 35.3 Å². The van der Waals surface area contributed by atoms with Crippen LogP contribution in [0.4, 0.5) is 18.9 Å². The fourth-order valence-electron chi connectivity index (χ4n) is 4.38. The van der Waals surface area contributed by atoms with Crippen LogP contribution in [0.2, 0.25) is 0 Å². The van der Waals surface area contributed by atoms with E-state index in [1.807, 2.05) is 24.4 Å². The minimum Gasteiger partial charge on any atom is -0.347 e. The van der Waals surface area contributed by atoms with Crippen molar-refractivity contribution < 1.29 is 31.2 Å². The maximum Gasteiger partial charge on any atom is 0.416 e. The van der Waals surface area contributed by atoms with Gasteiger partial charge in [-0.05, 0) is 60.3 Å². The Bertz CT molecular complexity index is 1960. The summed E-state index contributed by atoms with van der Waals surface area (Å²) in [4.78, 5) is 34.5. The summed E-state index contributed by atoms with van der Waals surface area (Å²) in [6.45, 7) is 1.87. The normalized spacial score (nSPS) is 11.7. The van der Waals surface area contributed by atoms with Gasteiger partial charge in [-0.1, -0.05) is 42.0 Å². The first-order chi connectivity index (χ1) is 21.9. The topological polar surface area (TPSA) is 130 Å². The van der Waals surface area contributed by atoms with E-state index in [-0.39, 0.29) is 40.6 Å². The number of aryl methyl sites for hydroxylation is 1. The highest BCUT2D eigenvalue weighted by Crippen LogP contribution is 2.30. The molecule has 14 heteroatoms. The third-order valence-corrected chi connectivity index (χ3v) is 9.05. The van der Waals surface area contributed by atoms with Crippen LogP contribution in [0.25, 0.3) is 11.1 Å². The highest BCUT2D eigenvalue weighted by molar-refractivity contribution is 7.89. The number of rotatable bonds is 10. The lowest BCUT2D eigenvalue weighted by molar-refractivity contribution is -0.137. The maximum atomic E-state index is 13.2. The first kappa shape index (κ1) is 32.5. The van der Waals surface area contributed by atoms with Crippen molar-refractivity contribution in [2.75, 3.05) is 5.32 Å². The Morgan fingerprint density at radius 3 is 2.28 bits per heavy atom. The zero-order valence-electron chi connectivity index (χ0n) is 24.1. The number of benzene rings is 2. The van der Waals surface area contributed by atoms with Gasteiger partial charge in [-0.15, -0.1) is 11.3 Å². The number of nitrogens with zero attached hydrogens (tertiary/aromatic N) is 2. The van der Waals surface area contributed by atoms with Crippen LogP contribution in [0.3, 0.4) is 0 Å². The predicted octanol–water partition coefficient (Wildman–Crippen LogP) is 6.19. The summed E-state index contributed by atoms with van der Waals surface area (Å²) in [5.41, 5.74) is 1.57. The average molecular weight is 666 g/mol. The first-order valence-electron chi connectivity index (χ1n) is 13.7. The molecule has 236 valence electrons. The molecule has 0 saturated carbocycles. The smallest absolute Gasteiger partial charge is 0.347 e. The number of carbonyl (C=O) groups is 2. The van der Waals surface area contributed by atoms with Crippen molar-refractivity contribution in [3.8, 4) is 11.1 Å². The summed E-state index contributed by atoms with van der Waals surface area (Å²) < 4.78 is 67.7. The van der Waals surface area contributed by atoms with Crippen LogP contribution >= 0.6 is 11.3 Å². The Morgan fingerprint density at radius 1 is 0.848 bits per heavy atom. The number of aromatic nitrogens is 2. The molecule has 3 aromatic heterocycles. The van der Waals surface area contributed by atoms with Crippen LogP contribution < -0.4 is 15.4 Å².